The van der Waals surface area contributed by atoms with Crippen molar-refractivity contribution in [3.63, 3.8) is 0 Å². The topological polar surface area (TPSA) is 71.7 Å². The number of nitrogens with zero attached hydrogens (tertiary/aromatic N) is 4. The van der Waals surface area contributed by atoms with Gasteiger partial charge in [0, 0.05) is 31.2 Å². The summed E-state index contributed by atoms with van der Waals surface area (Å²) in [5.41, 5.74) is 0.949. The summed E-state index contributed by atoms with van der Waals surface area (Å²) >= 11 is 0. The SMILES string of the molecule is C[C@@H]1CN(c2ccc([N+](=O)[O-])nc2)[C@@H](C)CN1C1COC1. The Morgan fingerprint density at radius 1 is 1.29 bits per heavy atom. The van der Waals surface area contributed by atoms with Crippen LogP contribution in [0, 0.1) is 10.1 Å². The molecular formula is C14H20N4O3. The Morgan fingerprint density at radius 2 is 2.05 bits per heavy atom. The summed E-state index contributed by atoms with van der Waals surface area (Å²) in [5.74, 6) is -0.107. The predicted octanol–water partition coefficient (Wildman–Crippen LogP) is 1.29. The second kappa shape index (κ2) is 5.57. The molecule has 0 radical (unpaired) electrons. The molecule has 0 amide bonds. The third-order valence-electron chi connectivity index (χ3n) is 4.37. The van der Waals surface area contributed by atoms with Gasteiger partial charge < -0.3 is 19.8 Å². The molecule has 2 atom stereocenters. The van der Waals surface area contributed by atoms with E-state index in [1.807, 2.05) is 0 Å². The molecule has 2 aliphatic heterocycles. The zero-order valence-corrected chi connectivity index (χ0v) is 12.3. The van der Waals surface area contributed by atoms with Gasteiger partial charge in [0.1, 0.15) is 0 Å². The van der Waals surface area contributed by atoms with Crippen molar-refractivity contribution in [2.24, 2.45) is 0 Å². The van der Waals surface area contributed by atoms with Crippen LogP contribution < -0.4 is 4.90 Å². The fourth-order valence-electron chi connectivity index (χ4n) is 3.09. The number of piperazine rings is 1. The summed E-state index contributed by atoms with van der Waals surface area (Å²) in [5, 5.41) is 10.7. The van der Waals surface area contributed by atoms with Gasteiger partial charge in [-0.2, -0.15) is 0 Å². The number of anilines is 1. The summed E-state index contributed by atoms with van der Waals surface area (Å²) in [6.07, 6.45) is 1.60. The van der Waals surface area contributed by atoms with E-state index in [1.54, 1.807) is 12.3 Å². The Kier molecular flexibility index (Phi) is 3.77. The van der Waals surface area contributed by atoms with Crippen LogP contribution in [0.15, 0.2) is 18.3 Å². The van der Waals surface area contributed by atoms with E-state index in [1.165, 1.54) is 6.07 Å². The van der Waals surface area contributed by atoms with Crippen LogP contribution in [-0.2, 0) is 4.74 Å². The van der Waals surface area contributed by atoms with Gasteiger partial charge in [0.15, 0.2) is 6.20 Å². The van der Waals surface area contributed by atoms with E-state index in [9.17, 15) is 10.1 Å². The highest BCUT2D eigenvalue weighted by Crippen LogP contribution is 2.26. The van der Waals surface area contributed by atoms with E-state index in [4.69, 9.17) is 4.74 Å². The molecule has 114 valence electrons. The molecule has 0 saturated carbocycles. The third kappa shape index (κ3) is 2.71. The maximum atomic E-state index is 10.7. The minimum Gasteiger partial charge on any atom is -0.378 e. The highest BCUT2D eigenvalue weighted by molar-refractivity contribution is 5.48. The van der Waals surface area contributed by atoms with E-state index in [2.05, 4.69) is 28.6 Å². The molecule has 0 aliphatic carbocycles. The molecule has 3 rings (SSSR count). The van der Waals surface area contributed by atoms with Crippen LogP contribution in [0.1, 0.15) is 13.8 Å². The molecule has 7 nitrogen and oxygen atoms in total. The van der Waals surface area contributed by atoms with Gasteiger partial charge in [0.2, 0.25) is 0 Å². The molecule has 3 heterocycles. The number of rotatable bonds is 3. The smallest absolute Gasteiger partial charge is 0.363 e. The molecule has 0 unspecified atom stereocenters. The molecule has 1 aromatic rings. The van der Waals surface area contributed by atoms with Crippen molar-refractivity contribution in [3.8, 4) is 0 Å². The highest BCUT2D eigenvalue weighted by Gasteiger charge is 2.36. The van der Waals surface area contributed by atoms with E-state index in [0.29, 0.717) is 18.1 Å². The Bertz CT molecular complexity index is 517. The lowest BCUT2D eigenvalue weighted by atomic mass is 10.0. The normalized spacial score (nSPS) is 27.4. The monoisotopic (exact) mass is 292 g/mol. The zero-order chi connectivity index (χ0) is 15.0. The summed E-state index contributed by atoms with van der Waals surface area (Å²) in [6, 6.07) is 4.59. The second-order valence-corrected chi connectivity index (χ2v) is 5.87. The van der Waals surface area contributed by atoms with E-state index in [0.717, 1.165) is 32.0 Å². The standard InChI is InChI=1S/C14H20N4O3/c1-10-7-17(13-8-21-9-13)11(2)6-16(10)12-3-4-14(15-5-12)18(19)20/h3-5,10-11,13H,6-9H2,1-2H3/t10-,11+/m0/s1. The van der Waals surface area contributed by atoms with E-state index < -0.39 is 4.92 Å². The van der Waals surface area contributed by atoms with Crippen molar-refractivity contribution in [2.75, 3.05) is 31.2 Å². The second-order valence-electron chi connectivity index (χ2n) is 5.87. The fraction of sp³-hybridized carbons (Fsp3) is 0.643. The molecule has 7 heteroatoms. The first kappa shape index (κ1) is 14.2. The van der Waals surface area contributed by atoms with Crippen molar-refractivity contribution in [1.29, 1.82) is 0 Å². The number of nitro groups is 1. The van der Waals surface area contributed by atoms with Gasteiger partial charge >= 0.3 is 5.82 Å². The molecule has 21 heavy (non-hydrogen) atoms. The molecule has 0 spiro atoms. The first-order chi connectivity index (χ1) is 10.1. The number of aromatic nitrogens is 1. The number of hydrogen-bond acceptors (Lipinski definition) is 6. The first-order valence-electron chi connectivity index (χ1n) is 7.27. The maximum absolute atomic E-state index is 10.7. The molecule has 1 aromatic heterocycles. The van der Waals surface area contributed by atoms with Crippen LogP contribution in [0.25, 0.3) is 0 Å². The van der Waals surface area contributed by atoms with Crippen LogP contribution in [-0.4, -0.2) is 59.2 Å². The molecule has 2 aliphatic rings. The van der Waals surface area contributed by atoms with Crippen LogP contribution in [0.3, 0.4) is 0 Å². The lowest BCUT2D eigenvalue weighted by Gasteiger charge is -2.49. The molecule has 0 N–H and O–H groups in total. The Hall–Kier alpha value is -1.73. The minimum absolute atomic E-state index is 0.107. The zero-order valence-electron chi connectivity index (χ0n) is 12.3. The van der Waals surface area contributed by atoms with Gasteiger partial charge in [-0.1, -0.05) is 0 Å². The van der Waals surface area contributed by atoms with Gasteiger partial charge in [-0.15, -0.1) is 0 Å². The average Bonchev–Trinajstić information content (AvgIpc) is 2.40. The summed E-state index contributed by atoms with van der Waals surface area (Å²) in [4.78, 5) is 18.9. The van der Waals surface area contributed by atoms with Gasteiger partial charge in [-0.3, -0.25) is 4.90 Å². The predicted molar refractivity (Wildman–Crippen MR) is 78.5 cm³/mol. The quantitative estimate of drug-likeness (QED) is 0.617. The molecular weight excluding hydrogens is 272 g/mol. The van der Waals surface area contributed by atoms with Gasteiger partial charge in [0.25, 0.3) is 0 Å². The summed E-state index contributed by atoms with van der Waals surface area (Å²) in [6.45, 7) is 7.94. The summed E-state index contributed by atoms with van der Waals surface area (Å²) in [7, 11) is 0. The first-order valence-corrected chi connectivity index (χ1v) is 7.27. The Labute approximate surface area is 123 Å². The van der Waals surface area contributed by atoms with Crippen LogP contribution in [0.2, 0.25) is 0 Å². The molecule has 2 fully saturated rings. The minimum atomic E-state index is -0.468. The maximum Gasteiger partial charge on any atom is 0.363 e. The number of pyridine rings is 1. The van der Waals surface area contributed by atoms with Gasteiger partial charge in [-0.25, -0.2) is 0 Å². The van der Waals surface area contributed by atoms with E-state index in [-0.39, 0.29) is 5.82 Å². The molecule has 0 aromatic carbocycles. The van der Waals surface area contributed by atoms with E-state index >= 15 is 0 Å². The van der Waals surface area contributed by atoms with Crippen molar-refractivity contribution in [1.82, 2.24) is 9.88 Å². The average molecular weight is 292 g/mol. The van der Waals surface area contributed by atoms with Crippen molar-refractivity contribution < 1.29 is 9.66 Å². The van der Waals surface area contributed by atoms with Gasteiger partial charge in [0.05, 0.1) is 24.9 Å². The van der Waals surface area contributed by atoms with Crippen LogP contribution in [0.4, 0.5) is 11.5 Å². The van der Waals surface area contributed by atoms with Gasteiger partial charge in [-0.05, 0) is 29.8 Å². The lowest BCUT2D eigenvalue weighted by molar-refractivity contribution is -0.389. The lowest BCUT2D eigenvalue weighted by Crippen LogP contribution is -2.63. The Balaban J connectivity index is 1.72. The largest absolute Gasteiger partial charge is 0.378 e. The number of hydrogen-bond donors (Lipinski definition) is 0. The number of ether oxygens (including phenoxy) is 1. The summed E-state index contributed by atoms with van der Waals surface area (Å²) < 4.78 is 5.29. The van der Waals surface area contributed by atoms with Crippen LogP contribution in [0.5, 0.6) is 0 Å². The van der Waals surface area contributed by atoms with Crippen molar-refractivity contribution in [3.05, 3.63) is 28.4 Å². The van der Waals surface area contributed by atoms with Crippen molar-refractivity contribution >= 4 is 11.5 Å². The highest BCUT2D eigenvalue weighted by atomic mass is 16.6. The van der Waals surface area contributed by atoms with Crippen LogP contribution >= 0.6 is 0 Å². The fourth-order valence-corrected chi connectivity index (χ4v) is 3.09. The molecule has 0 bridgehead atoms. The molecule has 2 saturated heterocycles. The third-order valence-corrected chi connectivity index (χ3v) is 4.37. The Morgan fingerprint density at radius 3 is 2.57 bits per heavy atom. The van der Waals surface area contributed by atoms with Crippen molar-refractivity contribution in [2.45, 2.75) is 32.0 Å².